The second kappa shape index (κ2) is 7.02. The van der Waals surface area contributed by atoms with Gasteiger partial charge in [0, 0.05) is 6.54 Å². The molecule has 1 unspecified atom stereocenters. The highest BCUT2D eigenvalue weighted by Crippen LogP contribution is 2.39. The smallest absolute Gasteiger partial charge is 0.395 e. The molecule has 0 radical (unpaired) electrons. The number of aliphatic hydroxyl groups is 1. The Morgan fingerprint density at radius 1 is 1.12 bits per heavy atom. The zero-order chi connectivity index (χ0) is 18.9. The fraction of sp³-hybridized carbons (Fsp3) is 0.333. The van der Waals surface area contributed by atoms with Gasteiger partial charge in [-0.2, -0.15) is 17.5 Å². The first-order valence-electron chi connectivity index (χ1n) is 8.13. The van der Waals surface area contributed by atoms with Crippen LogP contribution in [0.1, 0.15) is 29.2 Å². The van der Waals surface area contributed by atoms with Crippen LogP contribution in [0, 0.1) is 0 Å². The predicted octanol–water partition coefficient (Wildman–Crippen LogP) is 3.38. The second-order valence-electron chi connectivity index (χ2n) is 6.12. The number of aryl methyl sites for hydroxylation is 1. The quantitative estimate of drug-likeness (QED) is 0.859. The molecule has 2 aromatic carbocycles. The Morgan fingerprint density at radius 3 is 2.54 bits per heavy atom. The van der Waals surface area contributed by atoms with Crippen molar-refractivity contribution in [1.29, 1.82) is 0 Å². The van der Waals surface area contributed by atoms with Gasteiger partial charge in [-0.1, -0.05) is 30.3 Å². The minimum absolute atomic E-state index is 0.183. The van der Waals surface area contributed by atoms with E-state index in [4.69, 9.17) is 0 Å². The Labute approximate surface area is 149 Å². The van der Waals surface area contributed by atoms with Crippen LogP contribution in [-0.2, 0) is 22.6 Å². The van der Waals surface area contributed by atoms with Crippen LogP contribution in [0.3, 0.4) is 0 Å². The number of hydrogen-bond donors (Lipinski definition) is 1. The normalized spacial score (nSPS) is 17.5. The van der Waals surface area contributed by atoms with E-state index >= 15 is 0 Å². The van der Waals surface area contributed by atoms with Crippen molar-refractivity contribution in [2.75, 3.05) is 13.2 Å². The van der Waals surface area contributed by atoms with E-state index in [1.807, 2.05) is 18.2 Å². The summed E-state index contributed by atoms with van der Waals surface area (Å²) in [5, 5.41) is 9.35. The summed E-state index contributed by atoms with van der Waals surface area (Å²) in [5.41, 5.74) is 0.825. The lowest BCUT2D eigenvalue weighted by atomic mass is 10.1. The van der Waals surface area contributed by atoms with E-state index in [-0.39, 0.29) is 6.54 Å². The first kappa shape index (κ1) is 18.9. The third-order valence-electron chi connectivity index (χ3n) is 4.54. The molecule has 0 saturated heterocycles. The molecule has 0 fully saturated rings. The summed E-state index contributed by atoms with van der Waals surface area (Å²) in [7, 11) is -4.20. The molecule has 1 aliphatic carbocycles. The highest BCUT2D eigenvalue weighted by atomic mass is 32.2. The first-order valence-corrected chi connectivity index (χ1v) is 9.57. The van der Waals surface area contributed by atoms with Gasteiger partial charge in [0.05, 0.1) is 23.1 Å². The van der Waals surface area contributed by atoms with Crippen LogP contribution in [-0.4, -0.2) is 31.0 Å². The topological polar surface area (TPSA) is 57.6 Å². The average molecular weight is 385 g/mol. The van der Waals surface area contributed by atoms with Crippen LogP contribution in [0.5, 0.6) is 0 Å². The molecule has 0 aromatic heterocycles. The molecule has 0 bridgehead atoms. The zero-order valence-corrected chi connectivity index (χ0v) is 14.6. The third-order valence-corrected chi connectivity index (χ3v) is 6.44. The number of aliphatic hydroxyl groups excluding tert-OH is 1. The van der Waals surface area contributed by atoms with Gasteiger partial charge in [-0.05, 0) is 42.2 Å². The van der Waals surface area contributed by atoms with Crippen LogP contribution < -0.4 is 0 Å². The zero-order valence-electron chi connectivity index (χ0n) is 13.8. The van der Waals surface area contributed by atoms with E-state index in [0.717, 1.165) is 33.6 Å². The molecule has 0 heterocycles. The van der Waals surface area contributed by atoms with Crippen molar-refractivity contribution < 1.29 is 26.7 Å². The molecule has 8 heteroatoms. The summed E-state index contributed by atoms with van der Waals surface area (Å²) < 4.78 is 66.1. The van der Waals surface area contributed by atoms with Crippen molar-refractivity contribution in [2.45, 2.75) is 30.0 Å². The van der Waals surface area contributed by atoms with Gasteiger partial charge in [-0.3, -0.25) is 0 Å². The monoisotopic (exact) mass is 385 g/mol. The Bertz CT molecular complexity index is 897. The highest BCUT2D eigenvalue weighted by Gasteiger charge is 2.37. The van der Waals surface area contributed by atoms with Gasteiger partial charge in [-0.15, -0.1) is 0 Å². The molecule has 1 N–H and O–H groups in total. The molecule has 0 aliphatic heterocycles. The van der Waals surface area contributed by atoms with Crippen molar-refractivity contribution in [2.24, 2.45) is 0 Å². The van der Waals surface area contributed by atoms with E-state index < -0.39 is 39.3 Å². The van der Waals surface area contributed by atoms with Crippen molar-refractivity contribution in [3.63, 3.8) is 0 Å². The Balaban J connectivity index is 2.03. The molecule has 1 aliphatic rings. The fourth-order valence-electron chi connectivity index (χ4n) is 3.34. The lowest BCUT2D eigenvalue weighted by Gasteiger charge is -2.28. The fourth-order valence-corrected chi connectivity index (χ4v) is 5.02. The van der Waals surface area contributed by atoms with Gasteiger partial charge in [0.15, 0.2) is 0 Å². The molecule has 1 atom stereocenters. The number of halogens is 3. The molecular formula is C18H18F3NO3S. The van der Waals surface area contributed by atoms with Crippen LogP contribution in [0.4, 0.5) is 13.2 Å². The SMILES string of the molecule is O=S(=O)(c1cccc(C(F)(F)F)c1)N(CCO)C1CCc2ccccc21. The van der Waals surface area contributed by atoms with Gasteiger partial charge in [0.25, 0.3) is 0 Å². The van der Waals surface area contributed by atoms with E-state index in [9.17, 15) is 26.7 Å². The highest BCUT2D eigenvalue weighted by molar-refractivity contribution is 7.89. The number of benzene rings is 2. The maximum atomic E-state index is 13.0. The summed E-state index contributed by atoms with van der Waals surface area (Å²) in [6, 6.07) is 10.6. The largest absolute Gasteiger partial charge is 0.416 e. The van der Waals surface area contributed by atoms with Crippen molar-refractivity contribution in [3.05, 3.63) is 65.2 Å². The van der Waals surface area contributed by atoms with Crippen molar-refractivity contribution in [3.8, 4) is 0 Å². The minimum Gasteiger partial charge on any atom is -0.395 e. The van der Waals surface area contributed by atoms with Crippen LogP contribution in [0.25, 0.3) is 0 Å². The summed E-state index contributed by atoms with van der Waals surface area (Å²) in [6.45, 7) is -0.603. The predicted molar refractivity (Wildman–Crippen MR) is 89.9 cm³/mol. The molecule has 3 rings (SSSR count). The van der Waals surface area contributed by atoms with Crippen LogP contribution in [0.15, 0.2) is 53.4 Å². The van der Waals surface area contributed by atoms with Gasteiger partial charge >= 0.3 is 6.18 Å². The van der Waals surface area contributed by atoms with E-state index in [1.54, 1.807) is 6.07 Å². The molecule has 140 valence electrons. The molecule has 0 saturated carbocycles. The number of alkyl halides is 3. The van der Waals surface area contributed by atoms with Gasteiger partial charge in [0.2, 0.25) is 10.0 Å². The second-order valence-corrected chi connectivity index (χ2v) is 8.01. The Morgan fingerprint density at radius 2 is 1.85 bits per heavy atom. The molecule has 4 nitrogen and oxygen atoms in total. The van der Waals surface area contributed by atoms with Crippen molar-refractivity contribution >= 4 is 10.0 Å². The van der Waals surface area contributed by atoms with Gasteiger partial charge in [0.1, 0.15) is 0 Å². The molecule has 2 aromatic rings. The molecular weight excluding hydrogens is 367 g/mol. The standard InChI is InChI=1S/C18H18F3NO3S/c19-18(20,21)14-5-3-6-15(12-14)26(24,25)22(10-11-23)17-9-8-13-4-1-2-7-16(13)17/h1-7,12,17,23H,8-11H2. The van der Waals surface area contributed by atoms with Gasteiger partial charge < -0.3 is 5.11 Å². The maximum Gasteiger partial charge on any atom is 0.416 e. The molecule has 26 heavy (non-hydrogen) atoms. The number of hydrogen-bond acceptors (Lipinski definition) is 3. The number of fused-ring (bicyclic) bond motifs is 1. The van der Waals surface area contributed by atoms with Gasteiger partial charge in [-0.25, -0.2) is 8.42 Å². The van der Waals surface area contributed by atoms with E-state index in [0.29, 0.717) is 18.9 Å². The average Bonchev–Trinajstić information content (AvgIpc) is 3.02. The third kappa shape index (κ3) is 3.49. The number of sulfonamides is 1. The lowest BCUT2D eigenvalue weighted by Crippen LogP contribution is -2.36. The van der Waals surface area contributed by atoms with Crippen LogP contribution >= 0.6 is 0 Å². The lowest BCUT2D eigenvalue weighted by molar-refractivity contribution is -0.137. The maximum absolute atomic E-state index is 13.0. The summed E-state index contributed by atoms with van der Waals surface area (Å²) in [5.74, 6) is 0. The van der Waals surface area contributed by atoms with Crippen molar-refractivity contribution in [1.82, 2.24) is 4.31 Å². The number of nitrogens with zero attached hydrogens (tertiary/aromatic N) is 1. The molecule has 0 amide bonds. The summed E-state index contributed by atoms with van der Waals surface area (Å²) >= 11 is 0. The Hall–Kier alpha value is -1.90. The molecule has 0 spiro atoms. The van der Waals surface area contributed by atoms with E-state index in [1.165, 1.54) is 0 Å². The minimum atomic E-state index is -4.63. The summed E-state index contributed by atoms with van der Waals surface area (Å²) in [6.07, 6.45) is -3.42. The van der Waals surface area contributed by atoms with Crippen LogP contribution in [0.2, 0.25) is 0 Å². The van der Waals surface area contributed by atoms with E-state index in [2.05, 4.69) is 0 Å². The Kier molecular flexibility index (Phi) is 5.09. The number of rotatable bonds is 5. The first-order chi connectivity index (χ1) is 12.2. The summed E-state index contributed by atoms with van der Waals surface area (Å²) in [4.78, 5) is -0.426.